The average molecular weight is 296 g/mol. The molecule has 0 unspecified atom stereocenters. The lowest BCUT2D eigenvalue weighted by Gasteiger charge is -2.38. The Kier molecular flexibility index (Phi) is 5.70. The van der Waals surface area contributed by atoms with Gasteiger partial charge in [-0.25, -0.2) is 0 Å². The van der Waals surface area contributed by atoms with Crippen molar-refractivity contribution in [2.45, 2.75) is 32.4 Å². The number of rotatable bonds is 5. The molecule has 0 bridgehead atoms. The minimum atomic E-state index is 0.617. The van der Waals surface area contributed by atoms with Gasteiger partial charge >= 0.3 is 0 Å². The Labute approximate surface area is 127 Å². The number of piperidine rings is 1. The smallest absolute Gasteiger partial charge is 0.0426 e. The summed E-state index contributed by atoms with van der Waals surface area (Å²) in [6.07, 6.45) is 2.46. The normalized spacial score (nSPS) is 17.4. The fourth-order valence-corrected chi connectivity index (χ4v) is 3.19. The number of hydrogen-bond donors (Lipinski definition) is 1. The van der Waals surface area contributed by atoms with E-state index in [1.807, 2.05) is 13.1 Å². The summed E-state index contributed by atoms with van der Waals surface area (Å²) >= 11 is 6.19. The minimum absolute atomic E-state index is 0.617. The van der Waals surface area contributed by atoms with Crippen LogP contribution in [0.25, 0.3) is 0 Å². The van der Waals surface area contributed by atoms with E-state index in [4.69, 9.17) is 11.6 Å². The van der Waals surface area contributed by atoms with Crippen LogP contribution in [-0.4, -0.2) is 44.7 Å². The lowest BCUT2D eigenvalue weighted by molar-refractivity contribution is 0.221. The Morgan fingerprint density at radius 3 is 2.65 bits per heavy atom. The Morgan fingerprint density at radius 2 is 2.05 bits per heavy atom. The highest BCUT2D eigenvalue weighted by Gasteiger charge is 2.23. The Hall–Kier alpha value is -0.770. The molecular weight excluding hydrogens is 270 g/mol. The highest BCUT2D eigenvalue weighted by atomic mass is 35.5. The second-order valence-electron chi connectivity index (χ2n) is 5.58. The fraction of sp³-hybridized carbons (Fsp3) is 0.625. The van der Waals surface area contributed by atoms with Crippen molar-refractivity contribution in [1.82, 2.24) is 10.2 Å². The summed E-state index contributed by atoms with van der Waals surface area (Å²) in [5.74, 6) is 0. The van der Waals surface area contributed by atoms with Crippen LogP contribution < -0.4 is 10.2 Å². The van der Waals surface area contributed by atoms with E-state index in [1.165, 1.54) is 43.7 Å². The van der Waals surface area contributed by atoms with Crippen LogP contribution in [0, 0.1) is 0 Å². The molecule has 1 heterocycles. The van der Waals surface area contributed by atoms with Crippen molar-refractivity contribution in [2.24, 2.45) is 0 Å². The zero-order valence-corrected chi connectivity index (χ0v) is 13.6. The van der Waals surface area contributed by atoms with Gasteiger partial charge in [-0.3, -0.25) is 0 Å². The van der Waals surface area contributed by atoms with E-state index in [2.05, 4.69) is 41.2 Å². The zero-order chi connectivity index (χ0) is 14.5. The molecule has 1 fully saturated rings. The second kappa shape index (κ2) is 7.30. The standard InChI is InChI=1S/C16H26ClN3/c1-4-20-9-7-15(8-10-20)19(3)16-11-14(17)6-5-13(16)12-18-2/h5-6,11,15,18H,4,7-10,12H2,1-3H3. The topological polar surface area (TPSA) is 18.5 Å². The molecule has 1 aromatic rings. The molecule has 0 saturated carbocycles. The first-order chi connectivity index (χ1) is 9.65. The molecule has 0 atom stereocenters. The van der Waals surface area contributed by atoms with Crippen molar-refractivity contribution in [3.63, 3.8) is 0 Å². The third kappa shape index (κ3) is 3.66. The number of nitrogens with zero attached hydrogens (tertiary/aromatic N) is 2. The summed E-state index contributed by atoms with van der Waals surface area (Å²) in [5, 5.41) is 4.06. The molecule has 0 aromatic heterocycles. The molecule has 1 aliphatic rings. The molecule has 1 N–H and O–H groups in total. The van der Waals surface area contributed by atoms with Gasteiger partial charge in [0.1, 0.15) is 0 Å². The maximum atomic E-state index is 6.19. The lowest BCUT2D eigenvalue weighted by atomic mass is 10.0. The molecule has 112 valence electrons. The molecule has 1 saturated heterocycles. The number of halogens is 1. The molecule has 3 nitrogen and oxygen atoms in total. The first kappa shape index (κ1) is 15.6. The van der Waals surface area contributed by atoms with E-state index >= 15 is 0 Å². The fourth-order valence-electron chi connectivity index (χ4n) is 3.02. The second-order valence-corrected chi connectivity index (χ2v) is 6.02. The quantitative estimate of drug-likeness (QED) is 0.901. The van der Waals surface area contributed by atoms with Gasteiger partial charge in [0.2, 0.25) is 0 Å². The van der Waals surface area contributed by atoms with Gasteiger partial charge in [0.25, 0.3) is 0 Å². The van der Waals surface area contributed by atoms with Crippen molar-refractivity contribution < 1.29 is 0 Å². The molecule has 0 spiro atoms. The number of benzene rings is 1. The summed E-state index contributed by atoms with van der Waals surface area (Å²) in [4.78, 5) is 4.95. The third-order valence-electron chi connectivity index (χ3n) is 4.35. The first-order valence-electron chi connectivity index (χ1n) is 7.54. The summed E-state index contributed by atoms with van der Waals surface area (Å²) in [5.41, 5.74) is 2.58. The molecule has 1 aliphatic heterocycles. The minimum Gasteiger partial charge on any atom is -0.371 e. The summed E-state index contributed by atoms with van der Waals surface area (Å²) < 4.78 is 0. The predicted molar refractivity (Wildman–Crippen MR) is 87.8 cm³/mol. The zero-order valence-electron chi connectivity index (χ0n) is 12.8. The van der Waals surface area contributed by atoms with Crippen LogP contribution >= 0.6 is 11.6 Å². The van der Waals surface area contributed by atoms with Crippen LogP contribution in [0.5, 0.6) is 0 Å². The van der Waals surface area contributed by atoms with E-state index in [0.29, 0.717) is 6.04 Å². The molecule has 1 aromatic carbocycles. The van der Waals surface area contributed by atoms with Crippen LogP contribution in [-0.2, 0) is 6.54 Å². The van der Waals surface area contributed by atoms with Gasteiger partial charge in [-0.15, -0.1) is 0 Å². The van der Waals surface area contributed by atoms with Crippen molar-refractivity contribution in [1.29, 1.82) is 0 Å². The third-order valence-corrected chi connectivity index (χ3v) is 4.58. The lowest BCUT2D eigenvalue weighted by Crippen LogP contribution is -2.43. The van der Waals surface area contributed by atoms with Crippen molar-refractivity contribution in [2.75, 3.05) is 38.6 Å². The highest BCUT2D eigenvalue weighted by Crippen LogP contribution is 2.28. The molecule has 20 heavy (non-hydrogen) atoms. The molecule has 2 rings (SSSR count). The van der Waals surface area contributed by atoms with Crippen molar-refractivity contribution in [3.8, 4) is 0 Å². The summed E-state index contributed by atoms with van der Waals surface area (Å²) in [7, 11) is 4.19. The predicted octanol–water partition coefficient (Wildman–Crippen LogP) is 2.98. The molecule has 0 radical (unpaired) electrons. The van der Waals surface area contributed by atoms with Crippen LogP contribution in [0.15, 0.2) is 18.2 Å². The van der Waals surface area contributed by atoms with E-state index in [9.17, 15) is 0 Å². The van der Waals surface area contributed by atoms with Crippen LogP contribution in [0.4, 0.5) is 5.69 Å². The molecule has 0 amide bonds. The summed E-state index contributed by atoms with van der Waals surface area (Å²) in [6, 6.07) is 6.82. The van der Waals surface area contributed by atoms with E-state index in [-0.39, 0.29) is 0 Å². The van der Waals surface area contributed by atoms with Crippen molar-refractivity contribution in [3.05, 3.63) is 28.8 Å². The van der Waals surface area contributed by atoms with Gasteiger partial charge in [0.05, 0.1) is 0 Å². The van der Waals surface area contributed by atoms with Crippen LogP contribution in [0.2, 0.25) is 5.02 Å². The maximum Gasteiger partial charge on any atom is 0.0426 e. The number of hydrogen-bond acceptors (Lipinski definition) is 3. The monoisotopic (exact) mass is 295 g/mol. The van der Waals surface area contributed by atoms with Crippen molar-refractivity contribution >= 4 is 17.3 Å². The van der Waals surface area contributed by atoms with Gasteiger partial charge < -0.3 is 15.1 Å². The van der Waals surface area contributed by atoms with Gasteiger partial charge in [0.15, 0.2) is 0 Å². The largest absolute Gasteiger partial charge is 0.371 e. The van der Waals surface area contributed by atoms with Crippen LogP contribution in [0.3, 0.4) is 0 Å². The Balaban J connectivity index is 2.12. The van der Waals surface area contributed by atoms with E-state index in [0.717, 1.165) is 11.6 Å². The van der Waals surface area contributed by atoms with E-state index in [1.54, 1.807) is 0 Å². The van der Waals surface area contributed by atoms with Gasteiger partial charge in [-0.2, -0.15) is 0 Å². The average Bonchev–Trinajstić information content (AvgIpc) is 2.48. The number of anilines is 1. The molecule has 0 aliphatic carbocycles. The summed E-state index contributed by atoms with van der Waals surface area (Å²) in [6.45, 7) is 6.69. The van der Waals surface area contributed by atoms with E-state index < -0.39 is 0 Å². The Morgan fingerprint density at radius 1 is 1.35 bits per heavy atom. The SMILES string of the molecule is CCN1CCC(N(C)c2cc(Cl)ccc2CNC)CC1. The van der Waals surface area contributed by atoms with Crippen LogP contribution in [0.1, 0.15) is 25.3 Å². The first-order valence-corrected chi connectivity index (χ1v) is 7.91. The molecule has 4 heteroatoms. The van der Waals surface area contributed by atoms with Gasteiger partial charge in [0, 0.05) is 43.4 Å². The van der Waals surface area contributed by atoms with Gasteiger partial charge in [-0.05, 0) is 44.1 Å². The number of nitrogens with one attached hydrogen (secondary N) is 1. The van der Waals surface area contributed by atoms with Gasteiger partial charge in [-0.1, -0.05) is 24.6 Å². The highest BCUT2D eigenvalue weighted by molar-refractivity contribution is 6.30. The molecular formula is C16H26ClN3. The maximum absolute atomic E-state index is 6.19. The Bertz CT molecular complexity index is 428. The number of likely N-dealkylation sites (tertiary alicyclic amines) is 1.